The second-order valence-electron chi connectivity index (χ2n) is 5.42. The highest BCUT2D eigenvalue weighted by Gasteiger charge is 2.22. The van der Waals surface area contributed by atoms with Gasteiger partial charge in [-0.2, -0.15) is 0 Å². The smallest absolute Gasteiger partial charge is 0.141 e. The van der Waals surface area contributed by atoms with Gasteiger partial charge in [-0.1, -0.05) is 31.9 Å². The van der Waals surface area contributed by atoms with Gasteiger partial charge in [0.1, 0.15) is 5.75 Å². The molecular weight excluding hydrogens is 252 g/mol. The van der Waals surface area contributed by atoms with Gasteiger partial charge in [0.05, 0.1) is 12.3 Å². The molecule has 1 unspecified atom stereocenters. The Balaban J connectivity index is 2.15. The van der Waals surface area contributed by atoms with E-state index in [1.54, 1.807) is 13.1 Å². The fraction of sp³-hybridized carbons (Fsp3) is 0.562. The van der Waals surface area contributed by atoms with Gasteiger partial charge in [-0.15, -0.1) is 0 Å². The number of hydrogen-bond donors (Lipinski definition) is 2. The third-order valence-corrected chi connectivity index (χ3v) is 3.98. The summed E-state index contributed by atoms with van der Waals surface area (Å²) in [5, 5.41) is 19.6. The van der Waals surface area contributed by atoms with Crippen molar-refractivity contribution < 1.29 is 10.2 Å². The highest BCUT2D eigenvalue weighted by molar-refractivity contribution is 5.40. The summed E-state index contributed by atoms with van der Waals surface area (Å²) >= 11 is 0. The maximum absolute atomic E-state index is 10.2. The monoisotopic (exact) mass is 276 g/mol. The summed E-state index contributed by atoms with van der Waals surface area (Å²) < 4.78 is 0. The molecule has 0 amide bonds. The van der Waals surface area contributed by atoms with Gasteiger partial charge in [-0.3, -0.25) is 9.88 Å². The molecule has 0 saturated carbocycles. The van der Waals surface area contributed by atoms with E-state index >= 15 is 0 Å². The Bertz CT molecular complexity index is 486. The lowest BCUT2D eigenvalue weighted by Crippen LogP contribution is -2.30. The second-order valence-corrected chi connectivity index (χ2v) is 5.42. The van der Waals surface area contributed by atoms with Crippen molar-refractivity contribution in [3.8, 4) is 5.75 Å². The van der Waals surface area contributed by atoms with E-state index in [4.69, 9.17) is 0 Å². The molecular formula is C16H24N2O2. The molecule has 1 aromatic heterocycles. The SMILES string of the molecule is CCCCC1C=CCN1Cc1c(CO)cnc(C)c1O. The Labute approximate surface area is 120 Å². The van der Waals surface area contributed by atoms with Crippen molar-refractivity contribution in [2.75, 3.05) is 6.54 Å². The topological polar surface area (TPSA) is 56.6 Å². The molecule has 0 radical (unpaired) electrons. The molecule has 2 rings (SSSR count). The second kappa shape index (κ2) is 6.86. The van der Waals surface area contributed by atoms with E-state index in [2.05, 4.69) is 29.0 Å². The molecule has 0 saturated heterocycles. The molecule has 4 heteroatoms. The van der Waals surface area contributed by atoms with Crippen LogP contribution in [0.5, 0.6) is 5.75 Å². The molecule has 0 spiro atoms. The van der Waals surface area contributed by atoms with E-state index in [1.807, 2.05) is 0 Å². The van der Waals surface area contributed by atoms with Crippen LogP contribution in [0.25, 0.3) is 0 Å². The third kappa shape index (κ3) is 3.19. The first-order valence-corrected chi connectivity index (χ1v) is 7.35. The number of aromatic nitrogens is 1. The molecule has 110 valence electrons. The third-order valence-electron chi connectivity index (χ3n) is 3.98. The highest BCUT2D eigenvalue weighted by Crippen LogP contribution is 2.28. The highest BCUT2D eigenvalue weighted by atomic mass is 16.3. The van der Waals surface area contributed by atoms with Gasteiger partial charge in [0.15, 0.2) is 0 Å². The number of hydrogen-bond acceptors (Lipinski definition) is 4. The minimum Gasteiger partial charge on any atom is -0.506 e. The molecule has 2 heterocycles. The number of aliphatic hydroxyl groups excluding tert-OH is 1. The van der Waals surface area contributed by atoms with Gasteiger partial charge in [0, 0.05) is 36.5 Å². The zero-order chi connectivity index (χ0) is 14.5. The molecule has 0 fully saturated rings. The van der Waals surface area contributed by atoms with Crippen molar-refractivity contribution in [1.29, 1.82) is 0 Å². The van der Waals surface area contributed by atoms with Gasteiger partial charge in [-0.25, -0.2) is 0 Å². The van der Waals surface area contributed by atoms with Crippen molar-refractivity contribution in [3.05, 3.63) is 35.2 Å². The van der Waals surface area contributed by atoms with Crippen LogP contribution in [0, 0.1) is 6.92 Å². The molecule has 1 aliphatic heterocycles. The Morgan fingerprint density at radius 1 is 1.45 bits per heavy atom. The van der Waals surface area contributed by atoms with E-state index in [1.165, 1.54) is 12.8 Å². The van der Waals surface area contributed by atoms with Gasteiger partial charge in [-0.05, 0) is 13.3 Å². The lowest BCUT2D eigenvalue weighted by molar-refractivity contribution is 0.238. The number of aryl methyl sites for hydroxylation is 1. The first-order chi connectivity index (χ1) is 9.67. The van der Waals surface area contributed by atoms with Crippen molar-refractivity contribution in [1.82, 2.24) is 9.88 Å². The van der Waals surface area contributed by atoms with Crippen LogP contribution in [-0.2, 0) is 13.2 Å². The van der Waals surface area contributed by atoms with Gasteiger partial charge >= 0.3 is 0 Å². The van der Waals surface area contributed by atoms with Crippen LogP contribution in [-0.4, -0.2) is 32.7 Å². The van der Waals surface area contributed by atoms with Crippen LogP contribution in [0.4, 0.5) is 0 Å². The fourth-order valence-corrected chi connectivity index (χ4v) is 2.68. The molecule has 2 N–H and O–H groups in total. The number of aliphatic hydroxyl groups is 1. The summed E-state index contributed by atoms with van der Waals surface area (Å²) in [4.78, 5) is 6.45. The number of unbranched alkanes of at least 4 members (excludes halogenated alkanes) is 1. The zero-order valence-corrected chi connectivity index (χ0v) is 12.3. The first kappa shape index (κ1) is 15.0. The molecule has 1 atom stereocenters. The first-order valence-electron chi connectivity index (χ1n) is 7.35. The summed E-state index contributed by atoms with van der Waals surface area (Å²) in [6.07, 6.45) is 9.64. The molecule has 1 aromatic rings. The van der Waals surface area contributed by atoms with Crippen molar-refractivity contribution in [2.45, 2.75) is 52.3 Å². The van der Waals surface area contributed by atoms with Crippen LogP contribution in [0.3, 0.4) is 0 Å². The number of pyridine rings is 1. The van der Waals surface area contributed by atoms with E-state index in [0.717, 1.165) is 18.5 Å². The number of nitrogens with zero attached hydrogens (tertiary/aromatic N) is 2. The molecule has 1 aliphatic rings. The van der Waals surface area contributed by atoms with Crippen LogP contribution in [0.15, 0.2) is 18.3 Å². The van der Waals surface area contributed by atoms with E-state index in [9.17, 15) is 10.2 Å². The minimum atomic E-state index is -0.0862. The maximum Gasteiger partial charge on any atom is 0.141 e. The van der Waals surface area contributed by atoms with Gasteiger partial charge < -0.3 is 10.2 Å². The normalized spacial score (nSPS) is 18.9. The summed E-state index contributed by atoms with van der Waals surface area (Å²) in [6.45, 7) is 5.46. The molecule has 20 heavy (non-hydrogen) atoms. The van der Waals surface area contributed by atoms with Gasteiger partial charge in [0.2, 0.25) is 0 Å². The quantitative estimate of drug-likeness (QED) is 0.784. The van der Waals surface area contributed by atoms with Crippen molar-refractivity contribution in [3.63, 3.8) is 0 Å². The maximum atomic E-state index is 10.2. The molecule has 0 aliphatic carbocycles. The minimum absolute atomic E-state index is 0.0862. The summed E-state index contributed by atoms with van der Waals surface area (Å²) in [7, 11) is 0. The van der Waals surface area contributed by atoms with Crippen molar-refractivity contribution >= 4 is 0 Å². The molecule has 0 aromatic carbocycles. The lowest BCUT2D eigenvalue weighted by Gasteiger charge is -2.25. The zero-order valence-electron chi connectivity index (χ0n) is 12.3. The Hall–Kier alpha value is -1.39. The molecule has 4 nitrogen and oxygen atoms in total. The fourth-order valence-electron chi connectivity index (χ4n) is 2.68. The van der Waals surface area contributed by atoms with Crippen LogP contribution < -0.4 is 0 Å². The van der Waals surface area contributed by atoms with Gasteiger partial charge in [0.25, 0.3) is 0 Å². The molecule has 0 bridgehead atoms. The van der Waals surface area contributed by atoms with Crippen LogP contribution >= 0.6 is 0 Å². The number of rotatable bonds is 6. The van der Waals surface area contributed by atoms with E-state index < -0.39 is 0 Å². The Morgan fingerprint density at radius 2 is 2.25 bits per heavy atom. The Morgan fingerprint density at radius 3 is 2.95 bits per heavy atom. The average molecular weight is 276 g/mol. The average Bonchev–Trinajstić information content (AvgIpc) is 2.89. The number of aromatic hydroxyl groups is 1. The largest absolute Gasteiger partial charge is 0.506 e. The summed E-state index contributed by atoms with van der Waals surface area (Å²) in [5.74, 6) is 0.220. The van der Waals surface area contributed by atoms with E-state index in [-0.39, 0.29) is 12.4 Å². The summed E-state index contributed by atoms with van der Waals surface area (Å²) in [5.41, 5.74) is 2.15. The predicted molar refractivity (Wildman–Crippen MR) is 79.4 cm³/mol. The van der Waals surface area contributed by atoms with Crippen LogP contribution in [0.2, 0.25) is 0 Å². The summed E-state index contributed by atoms with van der Waals surface area (Å²) in [6, 6.07) is 0.439. The standard InChI is InChI=1S/C16H24N2O2/c1-3-4-6-14-7-5-8-18(14)10-15-13(11-19)9-17-12(2)16(15)20/h5,7,9,14,19-20H,3-4,6,8,10-11H2,1-2H3. The lowest BCUT2D eigenvalue weighted by atomic mass is 10.1. The predicted octanol–water partition coefficient (Wildman–Crippen LogP) is 2.52. The Kier molecular flexibility index (Phi) is 5.15. The van der Waals surface area contributed by atoms with Crippen LogP contribution in [0.1, 0.15) is 43.0 Å². The van der Waals surface area contributed by atoms with E-state index in [0.29, 0.717) is 23.8 Å². The van der Waals surface area contributed by atoms with Crippen molar-refractivity contribution in [2.24, 2.45) is 0 Å².